The molecule has 0 aliphatic heterocycles. The summed E-state index contributed by atoms with van der Waals surface area (Å²) in [5, 5.41) is 0. The zero-order chi connectivity index (χ0) is 13.4. The summed E-state index contributed by atoms with van der Waals surface area (Å²) in [5.74, 6) is -2.50. The molecule has 0 amide bonds. The molecule has 1 aromatic rings. The molecule has 0 saturated carbocycles. The molecule has 4 heteroatoms. The molecule has 96 valence electrons. The van der Waals surface area contributed by atoms with Gasteiger partial charge in [0, 0.05) is 0 Å². The zero-order valence-corrected chi connectivity index (χ0v) is 10.2. The molecule has 0 nitrogen and oxygen atoms in total. The summed E-state index contributed by atoms with van der Waals surface area (Å²) in [6.45, 7) is 3.96. The van der Waals surface area contributed by atoms with Gasteiger partial charge in [0.25, 0.3) is 0 Å². The van der Waals surface area contributed by atoms with E-state index >= 15 is 0 Å². The first-order chi connectivity index (χ1) is 7.41. The van der Waals surface area contributed by atoms with E-state index in [0.29, 0.717) is 0 Å². The van der Waals surface area contributed by atoms with Gasteiger partial charge in [0.05, 0.1) is 0 Å². The van der Waals surface area contributed by atoms with Crippen LogP contribution in [0.2, 0.25) is 0 Å². The predicted octanol–water partition coefficient (Wildman–Crippen LogP) is 5.26. The number of alkyl halides is 4. The van der Waals surface area contributed by atoms with Crippen LogP contribution in [-0.4, -0.2) is 12.9 Å². The van der Waals surface area contributed by atoms with Crippen LogP contribution in [0.25, 0.3) is 0 Å². The Morgan fingerprint density at radius 2 is 0.812 bits per heavy atom. The van der Waals surface area contributed by atoms with Gasteiger partial charge in [-0.3, -0.25) is 0 Å². The number of benzene rings is 1. The monoisotopic (exact) mass is 240 g/mol. The average Bonchev–Trinajstić information content (AvgIpc) is 2.22. The highest BCUT2D eigenvalue weighted by molar-refractivity contribution is 4.99. The van der Waals surface area contributed by atoms with Gasteiger partial charge in [0.15, 0.2) is 0 Å². The van der Waals surface area contributed by atoms with Gasteiger partial charge in [-0.25, -0.2) is 17.6 Å². The van der Waals surface area contributed by atoms with Crippen molar-refractivity contribution in [3.05, 3.63) is 36.4 Å². The largest absolute Gasteiger partial charge is 0.242 e. The van der Waals surface area contributed by atoms with Gasteiger partial charge < -0.3 is 0 Å². The molecule has 0 aliphatic carbocycles. The van der Waals surface area contributed by atoms with E-state index < -0.39 is 12.9 Å². The summed E-state index contributed by atoms with van der Waals surface area (Å²) in [7, 11) is 0. The quantitative estimate of drug-likeness (QED) is 0.543. The normalized spacial score (nSPS) is 8.25. The van der Waals surface area contributed by atoms with Crippen LogP contribution in [0, 0.1) is 0 Å². The summed E-state index contributed by atoms with van der Waals surface area (Å²) in [4.78, 5) is 0. The van der Waals surface area contributed by atoms with E-state index in [1.807, 2.05) is 50.2 Å². The average molecular weight is 240 g/mol. The van der Waals surface area contributed by atoms with E-state index in [0.717, 1.165) is 13.8 Å². The van der Waals surface area contributed by atoms with Crippen molar-refractivity contribution in [1.29, 1.82) is 0 Å². The minimum atomic E-state index is -2.50. The standard InChI is InChI=1S/C6H6.C3H6F2.C2H6.CH2F2/c1-2-4-6-5-3-1;1-3(2,4)5;1-2;2-1-3/h1-6H;1-2H3;1-2H3;1H2. The maximum atomic E-state index is 11.0. The third-order valence-corrected chi connectivity index (χ3v) is 0.667. The number of halogens is 4. The van der Waals surface area contributed by atoms with Crippen LogP contribution >= 0.6 is 0 Å². The third kappa shape index (κ3) is 75.6. The molecule has 0 atom stereocenters. The second kappa shape index (κ2) is 16.4. The van der Waals surface area contributed by atoms with E-state index in [-0.39, 0.29) is 0 Å². The SMILES string of the molecule is CC.CC(C)(F)F.FCF.c1ccccc1. The maximum Gasteiger partial charge on any atom is 0.242 e. The highest BCUT2D eigenvalue weighted by atomic mass is 19.3. The lowest BCUT2D eigenvalue weighted by molar-refractivity contribution is 0.0437. The molecular weight excluding hydrogens is 220 g/mol. The lowest BCUT2D eigenvalue weighted by Crippen LogP contribution is -1.98. The van der Waals surface area contributed by atoms with Gasteiger partial charge in [-0.1, -0.05) is 50.2 Å². The van der Waals surface area contributed by atoms with Crippen molar-refractivity contribution in [3.63, 3.8) is 0 Å². The smallest absolute Gasteiger partial charge is 0.214 e. The molecule has 1 rings (SSSR count). The van der Waals surface area contributed by atoms with Crippen LogP contribution in [0.15, 0.2) is 36.4 Å². The van der Waals surface area contributed by atoms with Crippen LogP contribution < -0.4 is 0 Å². The summed E-state index contributed by atoms with van der Waals surface area (Å²) in [6.07, 6.45) is 0. The zero-order valence-electron chi connectivity index (χ0n) is 10.2. The Morgan fingerprint density at radius 1 is 0.750 bits per heavy atom. The van der Waals surface area contributed by atoms with Gasteiger partial charge in [-0.15, -0.1) is 0 Å². The predicted molar refractivity (Wildman–Crippen MR) is 61.2 cm³/mol. The third-order valence-electron chi connectivity index (χ3n) is 0.667. The maximum absolute atomic E-state index is 11.0. The molecule has 1 aromatic carbocycles. The molecule has 0 aromatic heterocycles. The summed E-state index contributed by atoms with van der Waals surface area (Å²) >= 11 is 0. The van der Waals surface area contributed by atoms with Crippen molar-refractivity contribution in [1.82, 2.24) is 0 Å². The molecular formula is C12H20F4. The molecule has 16 heavy (non-hydrogen) atoms. The fourth-order valence-electron chi connectivity index (χ4n) is 0.385. The van der Waals surface area contributed by atoms with Crippen molar-refractivity contribution in [2.75, 3.05) is 6.93 Å². The Bertz CT molecular complexity index is 149. The van der Waals surface area contributed by atoms with Crippen molar-refractivity contribution >= 4 is 0 Å². The molecule has 0 saturated heterocycles. The van der Waals surface area contributed by atoms with Crippen molar-refractivity contribution in [2.45, 2.75) is 33.6 Å². The molecule has 0 heterocycles. The van der Waals surface area contributed by atoms with Gasteiger partial charge in [0.1, 0.15) is 0 Å². The van der Waals surface area contributed by atoms with E-state index in [1.165, 1.54) is 0 Å². The fourth-order valence-corrected chi connectivity index (χ4v) is 0.385. The first-order valence-electron chi connectivity index (χ1n) is 4.91. The number of hydrogen-bond acceptors (Lipinski definition) is 0. The highest BCUT2D eigenvalue weighted by Gasteiger charge is 2.08. The molecule has 0 radical (unpaired) electrons. The van der Waals surface area contributed by atoms with Crippen LogP contribution in [0.5, 0.6) is 0 Å². The summed E-state index contributed by atoms with van der Waals surface area (Å²) < 4.78 is 41.3. The molecule has 0 fully saturated rings. The Hall–Kier alpha value is -1.06. The molecule has 0 spiro atoms. The summed E-state index contributed by atoms with van der Waals surface area (Å²) in [5.41, 5.74) is 0. The first kappa shape index (κ1) is 20.4. The van der Waals surface area contributed by atoms with Crippen LogP contribution in [0.4, 0.5) is 17.6 Å². The lowest BCUT2D eigenvalue weighted by atomic mass is 10.4. The van der Waals surface area contributed by atoms with Crippen LogP contribution in [0.3, 0.4) is 0 Å². The van der Waals surface area contributed by atoms with Gasteiger partial charge in [-0.05, 0) is 13.8 Å². The van der Waals surface area contributed by atoms with E-state index in [9.17, 15) is 17.6 Å². The molecule has 0 N–H and O–H groups in total. The topological polar surface area (TPSA) is 0 Å². The van der Waals surface area contributed by atoms with Crippen molar-refractivity contribution in [2.24, 2.45) is 0 Å². The van der Waals surface area contributed by atoms with E-state index in [2.05, 4.69) is 0 Å². The van der Waals surface area contributed by atoms with Crippen molar-refractivity contribution < 1.29 is 17.6 Å². The van der Waals surface area contributed by atoms with Gasteiger partial charge in [-0.2, -0.15) is 0 Å². The Kier molecular flexibility index (Phi) is 20.8. The minimum absolute atomic E-state index is 0.854. The Labute approximate surface area is 95.3 Å². The Balaban J connectivity index is -0.000000155. The highest BCUT2D eigenvalue weighted by Crippen LogP contribution is 2.06. The first-order valence-corrected chi connectivity index (χ1v) is 4.91. The lowest BCUT2D eigenvalue weighted by Gasteiger charge is -1.94. The Morgan fingerprint density at radius 3 is 0.875 bits per heavy atom. The second-order valence-corrected chi connectivity index (χ2v) is 2.58. The minimum Gasteiger partial charge on any atom is -0.214 e. The van der Waals surface area contributed by atoms with Gasteiger partial charge in [0.2, 0.25) is 12.9 Å². The fraction of sp³-hybridized carbons (Fsp3) is 0.500. The van der Waals surface area contributed by atoms with Crippen LogP contribution in [-0.2, 0) is 0 Å². The number of rotatable bonds is 0. The van der Waals surface area contributed by atoms with E-state index in [4.69, 9.17) is 0 Å². The molecule has 0 aliphatic rings. The van der Waals surface area contributed by atoms with Gasteiger partial charge >= 0.3 is 0 Å². The van der Waals surface area contributed by atoms with Crippen LogP contribution in [0.1, 0.15) is 27.7 Å². The van der Waals surface area contributed by atoms with Crippen molar-refractivity contribution in [3.8, 4) is 0 Å². The summed E-state index contributed by atoms with van der Waals surface area (Å²) in [6, 6.07) is 12.0. The second-order valence-electron chi connectivity index (χ2n) is 2.58. The number of hydrogen-bond donors (Lipinski definition) is 0. The molecule has 0 bridgehead atoms. The van der Waals surface area contributed by atoms with E-state index in [1.54, 1.807) is 0 Å². The molecule has 0 unspecified atom stereocenters.